The van der Waals surface area contributed by atoms with E-state index in [4.69, 9.17) is 17.0 Å². The lowest BCUT2D eigenvalue weighted by molar-refractivity contribution is -0.109. The summed E-state index contributed by atoms with van der Waals surface area (Å²) in [5.74, 6) is 2.24. The van der Waals surface area contributed by atoms with E-state index < -0.39 is 0 Å². The van der Waals surface area contributed by atoms with Crippen molar-refractivity contribution in [3.63, 3.8) is 0 Å². The third-order valence-corrected chi connectivity index (χ3v) is 3.39. The minimum atomic E-state index is 0.258. The van der Waals surface area contributed by atoms with Gasteiger partial charge in [-0.15, -0.1) is 11.6 Å². The minimum absolute atomic E-state index is 0.258. The van der Waals surface area contributed by atoms with Crippen molar-refractivity contribution in [2.24, 2.45) is 0 Å². The first-order valence-electron chi connectivity index (χ1n) is 7.76. The second kappa shape index (κ2) is 11.6. The second-order valence-electron chi connectivity index (χ2n) is 5.42. The average molecular weight is 357 g/mol. The third kappa shape index (κ3) is 6.72. The molecule has 4 N–H and O–H groups in total. The highest BCUT2D eigenvalue weighted by Gasteiger charge is 2.17. The van der Waals surface area contributed by atoms with E-state index in [2.05, 4.69) is 34.9 Å². The minimum Gasteiger partial charge on any atom is -0.373 e. The zero-order valence-electron chi connectivity index (χ0n) is 15.3. The van der Waals surface area contributed by atoms with Gasteiger partial charge in [-0.2, -0.15) is 0 Å². The fourth-order valence-electron chi connectivity index (χ4n) is 1.99. The van der Waals surface area contributed by atoms with E-state index in [1.165, 1.54) is 0 Å². The van der Waals surface area contributed by atoms with Crippen LogP contribution in [0.3, 0.4) is 0 Å². The molecule has 0 saturated heterocycles. The van der Waals surface area contributed by atoms with Crippen molar-refractivity contribution in [2.75, 3.05) is 43.9 Å². The first-order chi connectivity index (χ1) is 11.3. The van der Waals surface area contributed by atoms with Crippen LogP contribution < -0.4 is 21.1 Å². The lowest BCUT2D eigenvalue weighted by Gasteiger charge is -2.22. The highest BCUT2D eigenvalue weighted by atomic mass is 35.5. The molecule has 136 valence electrons. The smallest absolute Gasteiger partial charge is 0.225 e. The number of carbonyl (C=O) groups is 1. The summed E-state index contributed by atoms with van der Waals surface area (Å²) in [6, 6.07) is 1.90. The van der Waals surface area contributed by atoms with E-state index in [9.17, 15) is 4.79 Å². The fourth-order valence-corrected chi connectivity index (χ4v) is 2.18. The van der Waals surface area contributed by atoms with E-state index >= 15 is 0 Å². The molecular formula is C16H29ClN6O. The highest BCUT2D eigenvalue weighted by molar-refractivity contribution is 6.18. The van der Waals surface area contributed by atoms with Crippen LogP contribution in [0, 0.1) is 5.41 Å². The highest BCUT2D eigenvalue weighted by Crippen LogP contribution is 2.28. The van der Waals surface area contributed by atoms with Crippen molar-refractivity contribution in [1.82, 2.24) is 15.7 Å². The predicted octanol–water partition coefficient (Wildman–Crippen LogP) is 2.18. The van der Waals surface area contributed by atoms with Crippen molar-refractivity contribution >= 4 is 35.4 Å². The standard InChI is InChI=1S/C13H21N5O.C3H8ClN/c1-8(2)10-6-11(18(5)16-7-19)17-13(15-4)12(10)9(3)14;1-5-3-2-4/h6-8,14H,1-5H3,(H,15,17)(H,16,19);5H,2-3H2,1H3. The molecule has 1 heterocycles. The number of nitrogens with zero attached hydrogens (tertiary/aromatic N) is 2. The molecule has 1 aromatic rings. The van der Waals surface area contributed by atoms with Crippen LogP contribution >= 0.6 is 11.6 Å². The normalized spacial score (nSPS) is 9.83. The zero-order chi connectivity index (χ0) is 18.7. The Bertz CT molecular complexity index is 534. The topological polar surface area (TPSA) is 93.1 Å². The summed E-state index contributed by atoms with van der Waals surface area (Å²) in [5.41, 5.74) is 4.86. The van der Waals surface area contributed by atoms with Gasteiger partial charge in [-0.3, -0.25) is 15.2 Å². The number of alkyl halides is 1. The van der Waals surface area contributed by atoms with Gasteiger partial charge in [0, 0.05) is 37.8 Å². The number of pyridine rings is 1. The molecule has 1 rings (SSSR count). The molecule has 24 heavy (non-hydrogen) atoms. The van der Waals surface area contributed by atoms with E-state index in [1.807, 2.05) is 13.1 Å². The van der Waals surface area contributed by atoms with Gasteiger partial charge < -0.3 is 16.0 Å². The number of anilines is 2. The number of amides is 1. The first-order valence-corrected chi connectivity index (χ1v) is 8.29. The van der Waals surface area contributed by atoms with Crippen LogP contribution in [0.15, 0.2) is 6.07 Å². The van der Waals surface area contributed by atoms with Gasteiger partial charge in [-0.05, 0) is 31.5 Å². The Morgan fingerprint density at radius 2 is 2.08 bits per heavy atom. The van der Waals surface area contributed by atoms with Crippen LogP contribution in [-0.2, 0) is 4.79 Å². The Kier molecular flexibility index (Phi) is 10.7. The van der Waals surface area contributed by atoms with Crippen LogP contribution in [0.1, 0.15) is 37.8 Å². The molecule has 0 aromatic carbocycles. The molecule has 0 aliphatic rings. The lowest BCUT2D eigenvalue weighted by Crippen LogP contribution is -2.34. The van der Waals surface area contributed by atoms with Crippen LogP contribution in [0.5, 0.6) is 0 Å². The number of nitrogens with one attached hydrogen (secondary N) is 4. The molecule has 0 spiro atoms. The maximum atomic E-state index is 10.5. The molecule has 1 amide bonds. The number of rotatable bonds is 8. The SMILES string of the molecule is CNCCCl.CNc1nc(N(C)NC=O)cc(C(C)C)c1C(C)=N. The molecular weight excluding hydrogens is 328 g/mol. The quantitative estimate of drug-likeness (QED) is 0.248. The zero-order valence-corrected chi connectivity index (χ0v) is 16.1. The van der Waals surface area contributed by atoms with Crippen LogP contribution in [0.4, 0.5) is 11.6 Å². The molecule has 0 saturated carbocycles. The molecule has 0 aliphatic heterocycles. The third-order valence-electron chi connectivity index (χ3n) is 3.20. The lowest BCUT2D eigenvalue weighted by atomic mass is 9.95. The Labute approximate surface area is 149 Å². The van der Waals surface area contributed by atoms with Gasteiger partial charge in [0.1, 0.15) is 11.6 Å². The second-order valence-corrected chi connectivity index (χ2v) is 5.80. The van der Waals surface area contributed by atoms with Gasteiger partial charge in [0.2, 0.25) is 6.41 Å². The molecule has 7 nitrogen and oxygen atoms in total. The number of aromatic nitrogens is 1. The monoisotopic (exact) mass is 356 g/mol. The number of hydrogen-bond donors (Lipinski definition) is 4. The van der Waals surface area contributed by atoms with Crippen molar-refractivity contribution in [3.05, 3.63) is 17.2 Å². The van der Waals surface area contributed by atoms with Gasteiger partial charge in [0.05, 0.1) is 0 Å². The first kappa shape index (κ1) is 22.1. The summed E-state index contributed by atoms with van der Waals surface area (Å²) in [7, 11) is 5.37. The average Bonchev–Trinajstić information content (AvgIpc) is 2.54. The van der Waals surface area contributed by atoms with E-state index in [1.54, 1.807) is 26.0 Å². The molecule has 1 aromatic heterocycles. The van der Waals surface area contributed by atoms with Crippen molar-refractivity contribution in [2.45, 2.75) is 26.7 Å². The van der Waals surface area contributed by atoms with Crippen molar-refractivity contribution in [1.29, 1.82) is 5.41 Å². The summed E-state index contributed by atoms with van der Waals surface area (Å²) >= 11 is 5.24. The number of hydrogen-bond acceptors (Lipinski definition) is 6. The maximum Gasteiger partial charge on any atom is 0.225 e. The van der Waals surface area contributed by atoms with Gasteiger partial charge >= 0.3 is 0 Å². The predicted molar refractivity (Wildman–Crippen MR) is 103 cm³/mol. The largest absolute Gasteiger partial charge is 0.373 e. The van der Waals surface area contributed by atoms with E-state index in [-0.39, 0.29) is 5.92 Å². The van der Waals surface area contributed by atoms with Crippen molar-refractivity contribution < 1.29 is 4.79 Å². The molecule has 0 bridgehead atoms. The number of halogens is 1. The van der Waals surface area contributed by atoms with Gasteiger partial charge in [0.15, 0.2) is 0 Å². The van der Waals surface area contributed by atoms with E-state index in [0.717, 1.165) is 17.7 Å². The molecule has 0 aliphatic carbocycles. The summed E-state index contributed by atoms with van der Waals surface area (Å²) in [6.07, 6.45) is 0.603. The Balaban J connectivity index is 0.000000922. The Morgan fingerprint density at radius 1 is 1.46 bits per heavy atom. The number of hydrazine groups is 1. The van der Waals surface area contributed by atoms with Crippen LogP contribution in [0.2, 0.25) is 0 Å². The molecule has 0 radical (unpaired) electrons. The summed E-state index contributed by atoms with van der Waals surface area (Å²) < 4.78 is 0. The molecule has 8 heteroatoms. The molecule has 0 fully saturated rings. The van der Waals surface area contributed by atoms with Gasteiger partial charge in [-0.25, -0.2) is 4.98 Å². The van der Waals surface area contributed by atoms with Crippen LogP contribution in [-0.4, -0.2) is 50.7 Å². The Morgan fingerprint density at radius 3 is 2.42 bits per heavy atom. The maximum absolute atomic E-state index is 10.5. The van der Waals surface area contributed by atoms with Gasteiger partial charge in [0.25, 0.3) is 0 Å². The van der Waals surface area contributed by atoms with Crippen molar-refractivity contribution in [3.8, 4) is 0 Å². The fraction of sp³-hybridized carbons (Fsp3) is 0.562. The number of carbonyl (C=O) groups excluding carboxylic acids is 1. The van der Waals surface area contributed by atoms with Gasteiger partial charge in [-0.1, -0.05) is 13.8 Å². The van der Waals surface area contributed by atoms with Crippen LogP contribution in [0.25, 0.3) is 0 Å². The summed E-state index contributed by atoms with van der Waals surface area (Å²) in [6.45, 7) is 6.79. The summed E-state index contributed by atoms with van der Waals surface area (Å²) in [5, 5.41) is 15.4. The molecule has 0 atom stereocenters. The summed E-state index contributed by atoms with van der Waals surface area (Å²) in [4.78, 5) is 14.9. The van der Waals surface area contributed by atoms with E-state index in [0.29, 0.717) is 29.6 Å². The molecule has 0 unspecified atom stereocenters. The Hall–Kier alpha value is -1.86.